The number of hydrogen-bond acceptors (Lipinski definition) is 16. The van der Waals surface area contributed by atoms with Gasteiger partial charge in [-0.15, -0.1) is 0 Å². The molecule has 2 aromatic heterocycles. The first-order valence-electron chi connectivity index (χ1n) is 10.1. The highest BCUT2D eigenvalue weighted by atomic mass is 31.3. The molecular formula is C15H23N5O14P2. The average molecular weight is 559 g/mol. The first kappa shape index (κ1) is 27.4. The number of imidazole rings is 1. The first-order chi connectivity index (χ1) is 16.8. The summed E-state index contributed by atoms with van der Waals surface area (Å²) in [5.74, 6) is 0.0575. The lowest BCUT2D eigenvalue weighted by Crippen LogP contribution is -2.34. The summed E-state index contributed by atoms with van der Waals surface area (Å²) < 4.78 is 48.8. The van der Waals surface area contributed by atoms with Crippen LogP contribution in [0, 0.1) is 0 Å². The van der Waals surface area contributed by atoms with Gasteiger partial charge in [0, 0.05) is 0 Å². The molecule has 9 N–H and O–H groups in total. The van der Waals surface area contributed by atoms with Gasteiger partial charge in [-0.1, -0.05) is 0 Å². The molecule has 2 aromatic rings. The van der Waals surface area contributed by atoms with Crippen LogP contribution in [0.25, 0.3) is 11.2 Å². The molecular weight excluding hydrogens is 536 g/mol. The van der Waals surface area contributed by atoms with E-state index in [0.29, 0.717) is 0 Å². The van der Waals surface area contributed by atoms with E-state index in [-0.39, 0.29) is 17.0 Å². The molecule has 2 fully saturated rings. The van der Waals surface area contributed by atoms with Crippen LogP contribution in [0.3, 0.4) is 0 Å². The molecule has 0 amide bonds. The lowest BCUT2D eigenvalue weighted by atomic mass is 10.1. The summed E-state index contributed by atoms with van der Waals surface area (Å²) in [5.41, 5.74) is 6.09. The van der Waals surface area contributed by atoms with Crippen molar-refractivity contribution in [1.29, 1.82) is 0 Å². The topological polar surface area (TPSA) is 292 Å². The molecule has 36 heavy (non-hydrogen) atoms. The molecule has 4 heterocycles. The summed E-state index contributed by atoms with van der Waals surface area (Å²) in [5, 5.41) is 49.0. The number of nitrogen functional groups attached to an aromatic ring is 1. The molecule has 19 nitrogen and oxygen atoms in total. The number of aromatic nitrogens is 4. The van der Waals surface area contributed by atoms with Crippen molar-refractivity contribution in [3.05, 3.63) is 12.7 Å². The average Bonchev–Trinajstić information content (AvgIpc) is 3.42. The number of aliphatic hydroxyl groups is 5. The third-order valence-electron chi connectivity index (χ3n) is 5.35. The van der Waals surface area contributed by atoms with Crippen LogP contribution in [-0.4, -0.2) is 111 Å². The van der Waals surface area contributed by atoms with Crippen LogP contribution in [-0.2, 0) is 32.0 Å². The van der Waals surface area contributed by atoms with Crippen LogP contribution in [0.2, 0.25) is 0 Å². The maximum atomic E-state index is 12.2. The highest BCUT2D eigenvalue weighted by molar-refractivity contribution is 7.61. The number of anilines is 1. The molecule has 0 saturated carbocycles. The van der Waals surface area contributed by atoms with E-state index in [4.69, 9.17) is 15.2 Å². The number of rotatable bonds is 9. The summed E-state index contributed by atoms with van der Waals surface area (Å²) in [6.45, 7) is -1.79. The molecule has 0 aromatic carbocycles. The summed E-state index contributed by atoms with van der Waals surface area (Å²) >= 11 is 0. The van der Waals surface area contributed by atoms with Gasteiger partial charge >= 0.3 is 15.6 Å². The van der Waals surface area contributed by atoms with Gasteiger partial charge in [0.2, 0.25) is 0 Å². The smallest absolute Gasteiger partial charge is 0.387 e. The van der Waals surface area contributed by atoms with E-state index in [9.17, 15) is 44.4 Å². The Hall–Kier alpha value is -1.67. The number of hydrogen-bond donors (Lipinski definition) is 8. The molecule has 4 rings (SSSR count). The zero-order valence-electron chi connectivity index (χ0n) is 17.9. The Morgan fingerprint density at radius 2 is 1.47 bits per heavy atom. The van der Waals surface area contributed by atoms with Gasteiger partial charge in [-0.05, 0) is 0 Å². The van der Waals surface area contributed by atoms with E-state index in [0.717, 1.165) is 6.33 Å². The zero-order valence-corrected chi connectivity index (χ0v) is 19.7. The Bertz CT molecular complexity index is 1180. The highest BCUT2D eigenvalue weighted by Crippen LogP contribution is 2.60. The van der Waals surface area contributed by atoms with Crippen LogP contribution in [0.4, 0.5) is 5.82 Å². The second-order valence-electron chi connectivity index (χ2n) is 7.79. The molecule has 10 atom stereocenters. The van der Waals surface area contributed by atoms with Gasteiger partial charge in [0.25, 0.3) is 0 Å². The summed E-state index contributed by atoms with van der Waals surface area (Å²) in [4.78, 5) is 31.3. The second kappa shape index (κ2) is 10.2. The molecule has 0 radical (unpaired) electrons. The monoisotopic (exact) mass is 559 g/mol. The quantitative estimate of drug-likeness (QED) is 0.140. The van der Waals surface area contributed by atoms with E-state index in [1.165, 1.54) is 10.9 Å². The Morgan fingerprint density at radius 3 is 2.06 bits per heavy atom. The van der Waals surface area contributed by atoms with Crippen LogP contribution >= 0.6 is 15.6 Å². The minimum absolute atomic E-state index is 0.0575. The molecule has 2 aliphatic heterocycles. The van der Waals surface area contributed by atoms with Gasteiger partial charge in [-0.3, -0.25) is 13.6 Å². The Labute approximate surface area is 200 Å². The van der Waals surface area contributed by atoms with Crippen molar-refractivity contribution in [2.24, 2.45) is 0 Å². The second-order valence-corrected chi connectivity index (χ2v) is 10.8. The van der Waals surface area contributed by atoms with Crippen LogP contribution in [0.15, 0.2) is 12.7 Å². The van der Waals surface area contributed by atoms with E-state index in [1.54, 1.807) is 0 Å². The van der Waals surface area contributed by atoms with Crippen molar-refractivity contribution in [3.63, 3.8) is 0 Å². The lowest BCUT2D eigenvalue weighted by Gasteiger charge is -2.20. The van der Waals surface area contributed by atoms with Gasteiger partial charge in [0.05, 0.1) is 19.5 Å². The maximum Gasteiger partial charge on any atom is 0.481 e. The Kier molecular flexibility index (Phi) is 7.78. The number of phosphoric ester groups is 2. The predicted molar refractivity (Wildman–Crippen MR) is 111 cm³/mol. The fourth-order valence-electron chi connectivity index (χ4n) is 3.53. The third kappa shape index (κ3) is 5.59. The maximum absolute atomic E-state index is 12.2. The van der Waals surface area contributed by atoms with E-state index in [1.807, 2.05) is 0 Å². The van der Waals surface area contributed by atoms with Crippen molar-refractivity contribution >= 4 is 32.6 Å². The van der Waals surface area contributed by atoms with Crippen LogP contribution in [0.1, 0.15) is 6.23 Å². The molecule has 4 unspecified atom stereocenters. The normalized spacial score (nSPS) is 36.2. The van der Waals surface area contributed by atoms with Crippen molar-refractivity contribution < 1.29 is 67.3 Å². The van der Waals surface area contributed by atoms with Crippen molar-refractivity contribution in [3.8, 4) is 0 Å². The molecule has 21 heteroatoms. The van der Waals surface area contributed by atoms with Crippen molar-refractivity contribution in [2.45, 2.75) is 49.1 Å². The summed E-state index contributed by atoms with van der Waals surface area (Å²) in [7, 11) is -10.6. The number of fused-ring (bicyclic) bond motifs is 1. The van der Waals surface area contributed by atoms with Gasteiger partial charge in [-0.25, -0.2) is 24.1 Å². The number of nitrogens with zero attached hydrogens (tertiary/aromatic N) is 4. The van der Waals surface area contributed by atoms with Gasteiger partial charge in [0.15, 0.2) is 24.0 Å². The van der Waals surface area contributed by atoms with E-state index < -0.39 is 78.0 Å². The minimum Gasteiger partial charge on any atom is -0.387 e. The lowest BCUT2D eigenvalue weighted by molar-refractivity contribution is -0.132. The molecule has 2 saturated heterocycles. The Morgan fingerprint density at radius 1 is 0.889 bits per heavy atom. The van der Waals surface area contributed by atoms with Crippen molar-refractivity contribution in [2.75, 3.05) is 18.9 Å². The standard InChI is InChI=1S/C15H23N5O14P2/c16-12-7-13(18-3-17-12)20(4-19-7)14-10(23)8(21)5(32-14)1-30-35(26,27)34-36(28,29)31-2-6-9(22)11(24)15(25)33-6/h3-6,8-11,14-15,21-25H,1-2H2,(H,26,27)(H,28,29)(H2,16,17,18)/t5-,6+,8+,9?,10?,11-,14-,15+/m1/s1. The highest BCUT2D eigenvalue weighted by Gasteiger charge is 2.47. The summed E-state index contributed by atoms with van der Waals surface area (Å²) in [6.07, 6.45) is -10.1. The summed E-state index contributed by atoms with van der Waals surface area (Å²) in [6, 6.07) is 0. The fourth-order valence-corrected chi connectivity index (χ4v) is 5.62. The number of nitrogens with two attached hydrogens (primary N) is 1. The van der Waals surface area contributed by atoms with Gasteiger partial charge < -0.3 is 50.5 Å². The third-order valence-corrected chi connectivity index (χ3v) is 7.95. The number of aliphatic hydroxyl groups excluding tert-OH is 5. The molecule has 0 bridgehead atoms. The van der Waals surface area contributed by atoms with E-state index >= 15 is 0 Å². The van der Waals surface area contributed by atoms with Crippen LogP contribution < -0.4 is 5.73 Å². The van der Waals surface area contributed by atoms with Gasteiger partial charge in [-0.2, -0.15) is 4.31 Å². The SMILES string of the molecule is Nc1ncnc2c1ncn2[C@@H]1O[C@H](COP(=O)(O)OP(=O)(O)OC[C@@H]2O[C@H](O)[C@H](O)C2O)[C@H](O)C1O. The number of phosphoric acid groups is 2. The fraction of sp³-hybridized carbons (Fsp3) is 0.667. The zero-order chi connectivity index (χ0) is 26.4. The van der Waals surface area contributed by atoms with Gasteiger partial charge in [0.1, 0.15) is 48.5 Å². The molecule has 202 valence electrons. The number of ether oxygens (including phenoxy) is 2. The Balaban J connectivity index is 1.34. The van der Waals surface area contributed by atoms with Crippen molar-refractivity contribution in [1.82, 2.24) is 19.5 Å². The first-order valence-corrected chi connectivity index (χ1v) is 13.1. The molecule has 2 aliphatic rings. The molecule has 0 spiro atoms. The minimum atomic E-state index is -5.31. The predicted octanol–water partition coefficient (Wildman–Crippen LogP) is -3.28. The largest absolute Gasteiger partial charge is 0.481 e. The van der Waals surface area contributed by atoms with Crippen LogP contribution in [0.5, 0.6) is 0 Å². The molecule has 0 aliphatic carbocycles. The van der Waals surface area contributed by atoms with E-state index in [2.05, 4.69) is 28.3 Å².